The topological polar surface area (TPSA) is 99.9 Å². The Morgan fingerprint density at radius 2 is 1.81 bits per heavy atom. The first-order valence-electron chi connectivity index (χ1n) is 6.24. The van der Waals surface area contributed by atoms with Gasteiger partial charge in [-0.15, -0.1) is 0 Å². The van der Waals surface area contributed by atoms with Gasteiger partial charge in [-0.3, -0.25) is 5.32 Å². The zero-order valence-corrected chi connectivity index (χ0v) is 12.8. The molecule has 0 radical (unpaired) electrons. The van der Waals surface area contributed by atoms with Crippen LogP contribution in [-0.4, -0.2) is 31.9 Å². The van der Waals surface area contributed by atoms with Gasteiger partial charge in [0.2, 0.25) is 0 Å². The van der Waals surface area contributed by atoms with Gasteiger partial charge in [-0.1, -0.05) is 0 Å². The summed E-state index contributed by atoms with van der Waals surface area (Å²) in [5.41, 5.74) is 5.84. The van der Waals surface area contributed by atoms with Crippen molar-refractivity contribution in [2.75, 3.05) is 25.3 Å². The van der Waals surface area contributed by atoms with Gasteiger partial charge < -0.3 is 19.9 Å². The van der Waals surface area contributed by atoms with E-state index in [4.69, 9.17) is 15.2 Å². The van der Waals surface area contributed by atoms with Gasteiger partial charge in [-0.2, -0.15) is 0 Å². The minimum atomic E-state index is -0.651. The summed E-state index contributed by atoms with van der Waals surface area (Å²) in [6.45, 7) is 5.24. The fourth-order valence-corrected chi connectivity index (χ4v) is 1.61. The Morgan fingerprint density at radius 1 is 1.19 bits per heavy atom. The van der Waals surface area contributed by atoms with Crippen LogP contribution in [0.2, 0.25) is 0 Å². The van der Waals surface area contributed by atoms with Gasteiger partial charge in [0.25, 0.3) is 0 Å². The summed E-state index contributed by atoms with van der Waals surface area (Å²) in [7, 11) is 2.63. The Balaban J connectivity index is 3.06. The number of hydrogen-bond acceptors (Lipinski definition) is 6. The fraction of sp³-hybridized carbons (Fsp3) is 0.429. The molecule has 0 aliphatic heterocycles. The molecule has 0 saturated heterocycles. The van der Waals surface area contributed by atoms with Crippen LogP contribution in [0.1, 0.15) is 31.1 Å². The molecule has 7 nitrogen and oxygen atoms in total. The molecule has 0 aliphatic rings. The fourth-order valence-electron chi connectivity index (χ4n) is 1.61. The summed E-state index contributed by atoms with van der Waals surface area (Å²) < 4.78 is 14.9. The number of methoxy groups -OCH3 is 2. The van der Waals surface area contributed by atoms with Crippen LogP contribution in [0.15, 0.2) is 12.1 Å². The van der Waals surface area contributed by atoms with Crippen molar-refractivity contribution in [2.45, 2.75) is 26.4 Å². The molecule has 0 fully saturated rings. The van der Waals surface area contributed by atoms with E-state index < -0.39 is 17.7 Å². The second kappa shape index (κ2) is 6.34. The molecule has 3 N–H and O–H groups in total. The van der Waals surface area contributed by atoms with Gasteiger partial charge in [0, 0.05) is 0 Å². The average molecular weight is 296 g/mol. The van der Waals surface area contributed by atoms with Crippen LogP contribution >= 0.6 is 0 Å². The highest BCUT2D eigenvalue weighted by Crippen LogP contribution is 2.34. The molecule has 0 bridgehead atoms. The van der Waals surface area contributed by atoms with E-state index in [-0.39, 0.29) is 22.7 Å². The Labute approximate surface area is 123 Å². The summed E-state index contributed by atoms with van der Waals surface area (Å²) >= 11 is 0. The van der Waals surface area contributed by atoms with Gasteiger partial charge >= 0.3 is 12.1 Å². The standard InChI is InChI=1S/C14H20N2O5/c1-14(2,3)21-13(18)16-9-7-6-8(12(17)20-5)11(19-4)10(9)15/h6-7H,15H2,1-5H3,(H,16,18). The second-order valence-electron chi connectivity index (χ2n) is 5.23. The lowest BCUT2D eigenvalue weighted by Gasteiger charge is -2.20. The molecule has 0 saturated carbocycles. The summed E-state index contributed by atoms with van der Waals surface area (Å²) in [5.74, 6) is -0.447. The summed E-state index contributed by atoms with van der Waals surface area (Å²) in [4.78, 5) is 23.3. The van der Waals surface area contributed by atoms with Crippen molar-refractivity contribution >= 4 is 23.4 Å². The van der Waals surface area contributed by atoms with Gasteiger partial charge in [0.15, 0.2) is 5.75 Å². The molecule has 0 heterocycles. The van der Waals surface area contributed by atoms with Crippen molar-refractivity contribution in [3.8, 4) is 5.75 Å². The first kappa shape index (κ1) is 16.6. The maximum atomic E-state index is 11.7. The third-order valence-corrected chi connectivity index (χ3v) is 2.44. The lowest BCUT2D eigenvalue weighted by molar-refractivity contribution is 0.0595. The van der Waals surface area contributed by atoms with Gasteiger partial charge in [0.1, 0.15) is 11.2 Å². The molecule has 1 aromatic rings. The van der Waals surface area contributed by atoms with Crippen LogP contribution < -0.4 is 15.8 Å². The van der Waals surface area contributed by atoms with E-state index in [1.807, 2.05) is 0 Å². The van der Waals surface area contributed by atoms with Crippen molar-refractivity contribution in [1.82, 2.24) is 0 Å². The number of nitrogens with one attached hydrogen (secondary N) is 1. The van der Waals surface area contributed by atoms with Gasteiger partial charge in [-0.25, -0.2) is 9.59 Å². The van der Waals surface area contributed by atoms with Crippen LogP contribution in [0, 0.1) is 0 Å². The number of nitrogens with two attached hydrogens (primary N) is 1. The van der Waals surface area contributed by atoms with Crippen LogP contribution in [0.3, 0.4) is 0 Å². The van der Waals surface area contributed by atoms with E-state index in [1.54, 1.807) is 20.8 Å². The molecule has 0 aromatic heterocycles. The lowest BCUT2D eigenvalue weighted by atomic mass is 10.1. The van der Waals surface area contributed by atoms with Crippen molar-refractivity contribution in [3.63, 3.8) is 0 Å². The number of esters is 1. The number of anilines is 2. The molecular formula is C14H20N2O5. The van der Waals surface area contributed by atoms with Crippen molar-refractivity contribution in [1.29, 1.82) is 0 Å². The smallest absolute Gasteiger partial charge is 0.412 e. The lowest BCUT2D eigenvalue weighted by Crippen LogP contribution is -2.27. The molecular weight excluding hydrogens is 276 g/mol. The largest absolute Gasteiger partial charge is 0.494 e. The average Bonchev–Trinajstić information content (AvgIpc) is 2.37. The molecule has 7 heteroatoms. The maximum absolute atomic E-state index is 11.7. The van der Waals surface area contributed by atoms with Gasteiger partial charge in [-0.05, 0) is 32.9 Å². The van der Waals surface area contributed by atoms with E-state index >= 15 is 0 Å². The number of carbonyl (C=O) groups excluding carboxylic acids is 2. The highest BCUT2D eigenvalue weighted by Gasteiger charge is 2.21. The quantitative estimate of drug-likeness (QED) is 0.656. The predicted octanol–water partition coefficient (Wildman–Crippen LogP) is 2.41. The van der Waals surface area contributed by atoms with Crippen LogP contribution in [0.25, 0.3) is 0 Å². The third kappa shape index (κ3) is 4.27. The number of ether oxygens (including phenoxy) is 3. The first-order valence-corrected chi connectivity index (χ1v) is 6.24. The molecule has 21 heavy (non-hydrogen) atoms. The minimum Gasteiger partial charge on any atom is -0.494 e. The third-order valence-electron chi connectivity index (χ3n) is 2.44. The second-order valence-corrected chi connectivity index (χ2v) is 5.23. The first-order chi connectivity index (χ1) is 9.69. The monoisotopic (exact) mass is 296 g/mol. The van der Waals surface area contributed by atoms with Crippen LogP contribution in [-0.2, 0) is 9.47 Å². The number of rotatable bonds is 3. The predicted molar refractivity (Wildman–Crippen MR) is 78.6 cm³/mol. The van der Waals surface area contributed by atoms with E-state index in [0.29, 0.717) is 0 Å². The van der Waals surface area contributed by atoms with Crippen molar-refractivity contribution in [3.05, 3.63) is 17.7 Å². The Bertz CT molecular complexity index is 549. The number of amides is 1. The molecule has 1 amide bonds. The van der Waals surface area contributed by atoms with E-state index in [1.165, 1.54) is 26.4 Å². The maximum Gasteiger partial charge on any atom is 0.412 e. The highest BCUT2D eigenvalue weighted by molar-refractivity contribution is 5.99. The van der Waals surface area contributed by atoms with Gasteiger partial charge in [0.05, 0.1) is 25.6 Å². The van der Waals surface area contributed by atoms with Crippen molar-refractivity contribution < 1.29 is 23.8 Å². The Kier molecular flexibility index (Phi) is 5.02. The molecule has 0 atom stereocenters. The summed E-state index contributed by atoms with van der Waals surface area (Å²) in [5, 5.41) is 2.51. The Morgan fingerprint density at radius 3 is 2.29 bits per heavy atom. The summed E-state index contributed by atoms with van der Waals surface area (Å²) in [6.07, 6.45) is -0.651. The minimum absolute atomic E-state index is 0.117. The zero-order valence-electron chi connectivity index (χ0n) is 12.8. The zero-order chi connectivity index (χ0) is 16.2. The molecule has 116 valence electrons. The van der Waals surface area contributed by atoms with E-state index in [9.17, 15) is 9.59 Å². The van der Waals surface area contributed by atoms with E-state index in [2.05, 4.69) is 10.1 Å². The van der Waals surface area contributed by atoms with Crippen molar-refractivity contribution in [2.24, 2.45) is 0 Å². The normalized spacial score (nSPS) is 10.7. The molecule has 1 aromatic carbocycles. The summed E-state index contributed by atoms with van der Waals surface area (Å²) in [6, 6.07) is 2.93. The number of carbonyl (C=O) groups is 2. The van der Waals surface area contributed by atoms with Crippen LogP contribution in [0.4, 0.5) is 16.2 Å². The number of nitrogen functional groups attached to an aromatic ring is 1. The molecule has 0 aliphatic carbocycles. The number of hydrogen-bond donors (Lipinski definition) is 2. The molecule has 0 unspecified atom stereocenters. The molecule has 1 rings (SSSR count). The molecule has 0 spiro atoms. The van der Waals surface area contributed by atoms with Crippen LogP contribution in [0.5, 0.6) is 5.75 Å². The SMILES string of the molecule is COC(=O)c1ccc(NC(=O)OC(C)(C)C)c(N)c1OC. The highest BCUT2D eigenvalue weighted by atomic mass is 16.6. The van der Waals surface area contributed by atoms with E-state index in [0.717, 1.165) is 0 Å². The number of benzene rings is 1. The Hall–Kier alpha value is -2.44.